The van der Waals surface area contributed by atoms with Gasteiger partial charge in [-0.05, 0) is 30.9 Å². The van der Waals surface area contributed by atoms with Crippen molar-refractivity contribution >= 4 is 11.7 Å². The molecule has 1 aliphatic rings. The minimum Gasteiger partial charge on any atom is -0.362 e. The van der Waals surface area contributed by atoms with Crippen LogP contribution in [0.3, 0.4) is 0 Å². The molecule has 0 bridgehead atoms. The number of nitrogens with zero attached hydrogens (tertiary/aromatic N) is 4. The number of carbonyl (C=O) groups is 1. The molecule has 0 spiro atoms. The average Bonchev–Trinajstić information content (AvgIpc) is 3.32. The maximum atomic E-state index is 12.2. The fourth-order valence-electron chi connectivity index (χ4n) is 3.34. The molecule has 1 heterocycles. The molecule has 1 aliphatic carbocycles. The Morgan fingerprint density at radius 2 is 1.88 bits per heavy atom. The van der Waals surface area contributed by atoms with Gasteiger partial charge in [0.25, 0.3) is 0 Å². The van der Waals surface area contributed by atoms with E-state index in [9.17, 15) is 4.79 Å². The Bertz CT molecular complexity index is 745. The molecular weight excluding hydrogens is 312 g/mol. The van der Waals surface area contributed by atoms with Gasteiger partial charge in [0, 0.05) is 32.6 Å². The molecule has 0 aliphatic heterocycles. The highest BCUT2D eigenvalue weighted by molar-refractivity contribution is 5.74. The zero-order chi connectivity index (χ0) is 18.1. The Balaban J connectivity index is 2.11. The molecule has 0 unspecified atom stereocenters. The average molecular weight is 340 g/mol. The van der Waals surface area contributed by atoms with Crippen molar-refractivity contribution in [1.29, 1.82) is 0 Å². The molecular formula is C20H28N4O. The summed E-state index contributed by atoms with van der Waals surface area (Å²) in [5.74, 6) is 1.50. The van der Waals surface area contributed by atoms with Gasteiger partial charge >= 0.3 is 0 Å². The lowest BCUT2D eigenvalue weighted by Crippen LogP contribution is -2.31. The molecule has 1 saturated carbocycles. The standard InChI is InChI=1S/C20H28N4O/c1-14(2)19-18(13-23(15(3)25)16-11-12-16)20(22(4)5)24(21-19)17-9-7-6-8-10-17/h6-10,14,16H,11-13H2,1-5H3. The number of anilines is 1. The molecule has 0 saturated heterocycles. The first-order chi connectivity index (χ1) is 11.9. The highest BCUT2D eigenvalue weighted by Gasteiger charge is 2.33. The van der Waals surface area contributed by atoms with Gasteiger partial charge in [0.05, 0.1) is 17.9 Å². The number of para-hydroxylation sites is 1. The van der Waals surface area contributed by atoms with Crippen molar-refractivity contribution in [1.82, 2.24) is 14.7 Å². The third-order valence-corrected chi connectivity index (χ3v) is 4.68. The van der Waals surface area contributed by atoms with Crippen molar-refractivity contribution in [2.75, 3.05) is 19.0 Å². The van der Waals surface area contributed by atoms with E-state index in [0.29, 0.717) is 18.5 Å². The number of benzene rings is 1. The minimum atomic E-state index is 0.148. The SMILES string of the molecule is CC(=O)N(Cc1c(C(C)C)nn(-c2ccccc2)c1N(C)C)C1CC1. The second-order valence-corrected chi connectivity index (χ2v) is 7.36. The molecule has 1 aromatic carbocycles. The summed E-state index contributed by atoms with van der Waals surface area (Å²) < 4.78 is 2.01. The summed E-state index contributed by atoms with van der Waals surface area (Å²) in [6.45, 7) is 6.63. The second kappa shape index (κ2) is 6.90. The van der Waals surface area contributed by atoms with E-state index in [1.165, 1.54) is 0 Å². The van der Waals surface area contributed by atoms with Gasteiger partial charge in [-0.3, -0.25) is 4.79 Å². The summed E-state index contributed by atoms with van der Waals surface area (Å²) in [6.07, 6.45) is 2.22. The third kappa shape index (κ3) is 3.55. The number of hydrogen-bond donors (Lipinski definition) is 0. The van der Waals surface area contributed by atoms with E-state index in [1.807, 2.05) is 41.9 Å². The van der Waals surface area contributed by atoms with E-state index in [-0.39, 0.29) is 5.91 Å². The zero-order valence-corrected chi connectivity index (χ0v) is 15.9. The summed E-state index contributed by atoms with van der Waals surface area (Å²) in [6, 6.07) is 10.6. The summed E-state index contributed by atoms with van der Waals surface area (Å²) in [5, 5.41) is 4.93. The molecule has 1 fully saturated rings. The van der Waals surface area contributed by atoms with E-state index in [2.05, 4.69) is 30.9 Å². The van der Waals surface area contributed by atoms with Crippen molar-refractivity contribution in [2.24, 2.45) is 0 Å². The fourth-order valence-corrected chi connectivity index (χ4v) is 3.34. The van der Waals surface area contributed by atoms with Crippen LogP contribution in [0.2, 0.25) is 0 Å². The number of aromatic nitrogens is 2. The first kappa shape index (κ1) is 17.5. The Morgan fingerprint density at radius 3 is 2.36 bits per heavy atom. The van der Waals surface area contributed by atoms with Crippen LogP contribution in [0.25, 0.3) is 5.69 Å². The van der Waals surface area contributed by atoms with Crippen molar-refractivity contribution in [3.05, 3.63) is 41.6 Å². The van der Waals surface area contributed by atoms with Gasteiger partial charge in [0.2, 0.25) is 5.91 Å². The fraction of sp³-hybridized carbons (Fsp3) is 0.500. The monoisotopic (exact) mass is 340 g/mol. The molecule has 5 nitrogen and oxygen atoms in total. The molecule has 3 rings (SSSR count). The molecule has 1 amide bonds. The molecule has 0 atom stereocenters. The molecule has 25 heavy (non-hydrogen) atoms. The quantitative estimate of drug-likeness (QED) is 0.807. The third-order valence-electron chi connectivity index (χ3n) is 4.68. The maximum Gasteiger partial charge on any atom is 0.219 e. The number of rotatable bonds is 6. The van der Waals surface area contributed by atoms with Crippen LogP contribution >= 0.6 is 0 Å². The summed E-state index contributed by atoms with van der Waals surface area (Å²) in [7, 11) is 4.08. The summed E-state index contributed by atoms with van der Waals surface area (Å²) in [4.78, 5) is 16.3. The van der Waals surface area contributed by atoms with Crippen LogP contribution in [0.15, 0.2) is 30.3 Å². The van der Waals surface area contributed by atoms with E-state index in [4.69, 9.17) is 5.10 Å². The van der Waals surface area contributed by atoms with Crippen molar-refractivity contribution in [3.63, 3.8) is 0 Å². The maximum absolute atomic E-state index is 12.2. The van der Waals surface area contributed by atoms with Gasteiger partial charge in [-0.15, -0.1) is 0 Å². The largest absolute Gasteiger partial charge is 0.362 e. The zero-order valence-electron chi connectivity index (χ0n) is 15.9. The van der Waals surface area contributed by atoms with Crippen LogP contribution in [0, 0.1) is 0 Å². The van der Waals surface area contributed by atoms with Crippen molar-refractivity contribution < 1.29 is 4.79 Å². The molecule has 0 radical (unpaired) electrons. The highest BCUT2D eigenvalue weighted by atomic mass is 16.2. The molecule has 134 valence electrons. The molecule has 0 N–H and O–H groups in total. The van der Waals surface area contributed by atoms with Crippen LogP contribution in [0.4, 0.5) is 5.82 Å². The smallest absolute Gasteiger partial charge is 0.219 e. The first-order valence-electron chi connectivity index (χ1n) is 9.02. The van der Waals surface area contributed by atoms with Crippen LogP contribution in [-0.2, 0) is 11.3 Å². The Morgan fingerprint density at radius 1 is 1.24 bits per heavy atom. The minimum absolute atomic E-state index is 0.148. The number of hydrogen-bond acceptors (Lipinski definition) is 3. The first-order valence-corrected chi connectivity index (χ1v) is 9.02. The Kier molecular flexibility index (Phi) is 4.84. The summed E-state index contributed by atoms with van der Waals surface area (Å²) >= 11 is 0. The number of carbonyl (C=O) groups excluding carboxylic acids is 1. The summed E-state index contributed by atoms with van der Waals surface area (Å²) in [5.41, 5.74) is 3.27. The van der Waals surface area contributed by atoms with Crippen LogP contribution in [0.1, 0.15) is 50.8 Å². The van der Waals surface area contributed by atoms with Gasteiger partial charge in [-0.1, -0.05) is 32.0 Å². The Hall–Kier alpha value is -2.30. The van der Waals surface area contributed by atoms with E-state index < -0.39 is 0 Å². The molecule has 1 aromatic heterocycles. The topological polar surface area (TPSA) is 41.4 Å². The van der Waals surface area contributed by atoms with Gasteiger partial charge in [-0.2, -0.15) is 5.10 Å². The van der Waals surface area contributed by atoms with Crippen LogP contribution < -0.4 is 4.90 Å². The van der Waals surface area contributed by atoms with E-state index in [1.54, 1.807) is 6.92 Å². The van der Waals surface area contributed by atoms with Gasteiger partial charge < -0.3 is 9.80 Å². The highest BCUT2D eigenvalue weighted by Crippen LogP contribution is 2.35. The van der Waals surface area contributed by atoms with E-state index >= 15 is 0 Å². The normalized spacial score (nSPS) is 14.0. The molecule has 5 heteroatoms. The van der Waals surface area contributed by atoms with Crippen molar-refractivity contribution in [2.45, 2.75) is 52.1 Å². The predicted octanol–water partition coefficient (Wildman–Crippen LogP) is 3.57. The lowest BCUT2D eigenvalue weighted by atomic mass is 10.0. The predicted molar refractivity (Wildman–Crippen MR) is 101 cm³/mol. The molecule has 2 aromatic rings. The van der Waals surface area contributed by atoms with Gasteiger partial charge in [-0.25, -0.2) is 4.68 Å². The van der Waals surface area contributed by atoms with Gasteiger partial charge in [0.15, 0.2) is 0 Å². The van der Waals surface area contributed by atoms with E-state index in [0.717, 1.165) is 35.6 Å². The second-order valence-electron chi connectivity index (χ2n) is 7.36. The number of amides is 1. The van der Waals surface area contributed by atoms with Crippen LogP contribution in [-0.4, -0.2) is 40.7 Å². The lowest BCUT2D eigenvalue weighted by Gasteiger charge is -2.24. The van der Waals surface area contributed by atoms with Gasteiger partial charge in [0.1, 0.15) is 5.82 Å². The van der Waals surface area contributed by atoms with Crippen LogP contribution in [0.5, 0.6) is 0 Å². The van der Waals surface area contributed by atoms with Crippen molar-refractivity contribution in [3.8, 4) is 5.69 Å². The lowest BCUT2D eigenvalue weighted by molar-refractivity contribution is -0.130. The Labute approximate surface area is 150 Å².